The number of benzene rings is 3. The van der Waals surface area contributed by atoms with Crippen molar-refractivity contribution in [2.24, 2.45) is 5.92 Å². The van der Waals surface area contributed by atoms with Gasteiger partial charge in [-0.25, -0.2) is 4.98 Å². The van der Waals surface area contributed by atoms with E-state index >= 15 is 0 Å². The maximum absolute atomic E-state index is 12.6. The van der Waals surface area contributed by atoms with Crippen molar-refractivity contribution in [2.45, 2.75) is 26.7 Å². The minimum Gasteiger partial charge on any atom is -0.482 e. The molecule has 5 nitrogen and oxygen atoms in total. The molecule has 0 fully saturated rings. The molecular formula is C32H28ClN3O2. The Hall–Kier alpha value is -4.14. The van der Waals surface area contributed by atoms with E-state index in [1.54, 1.807) is 4.90 Å². The number of rotatable bonds is 7. The van der Waals surface area contributed by atoms with Crippen LogP contribution in [0.15, 0.2) is 78.9 Å². The lowest BCUT2D eigenvalue weighted by Crippen LogP contribution is -2.39. The summed E-state index contributed by atoms with van der Waals surface area (Å²) < 4.78 is 5.67. The van der Waals surface area contributed by atoms with Crippen LogP contribution in [0.1, 0.15) is 25.8 Å². The van der Waals surface area contributed by atoms with E-state index in [1.807, 2.05) is 48.5 Å². The SMILES string of the molecule is CC(C)Cc1ccc(-c2cc(-c3ccc(Cl)cc3)cc(-c3ccc4c(c3)N(CCC#N)C(=O)CO4)n2)cc1. The number of hydrogen-bond acceptors (Lipinski definition) is 4. The molecule has 0 bridgehead atoms. The zero-order chi connectivity index (χ0) is 26.6. The third kappa shape index (κ3) is 5.56. The summed E-state index contributed by atoms with van der Waals surface area (Å²) in [6, 6.07) is 28.4. The number of halogens is 1. The molecule has 0 saturated heterocycles. The standard InChI is InChI=1S/C32H28ClN3O2/c1-21(2)16-22-4-6-24(7-5-22)28-17-26(23-8-11-27(33)12-9-23)18-29(35-28)25-10-13-31-30(19-25)36(15-3-14-34)32(37)20-38-31/h4-13,17-19,21H,3,15-16,20H2,1-2H3. The summed E-state index contributed by atoms with van der Waals surface area (Å²) in [6.45, 7) is 4.73. The predicted molar refractivity (Wildman–Crippen MR) is 152 cm³/mol. The van der Waals surface area contributed by atoms with Crippen molar-refractivity contribution in [3.63, 3.8) is 0 Å². The quantitative estimate of drug-likeness (QED) is 0.251. The fourth-order valence-corrected chi connectivity index (χ4v) is 4.81. The lowest BCUT2D eigenvalue weighted by molar-refractivity contribution is -0.121. The normalized spacial score (nSPS) is 12.7. The molecule has 0 radical (unpaired) electrons. The van der Waals surface area contributed by atoms with Crippen molar-refractivity contribution in [1.82, 2.24) is 4.98 Å². The summed E-state index contributed by atoms with van der Waals surface area (Å²) in [4.78, 5) is 19.2. The number of anilines is 1. The smallest absolute Gasteiger partial charge is 0.265 e. The molecule has 3 aromatic carbocycles. The lowest BCUT2D eigenvalue weighted by atomic mass is 9.98. The van der Waals surface area contributed by atoms with Gasteiger partial charge >= 0.3 is 0 Å². The average molecular weight is 522 g/mol. The van der Waals surface area contributed by atoms with Gasteiger partial charge < -0.3 is 9.64 Å². The van der Waals surface area contributed by atoms with E-state index in [9.17, 15) is 4.79 Å². The monoisotopic (exact) mass is 521 g/mol. The minimum absolute atomic E-state index is 0.0287. The van der Waals surface area contributed by atoms with Crippen molar-refractivity contribution >= 4 is 23.2 Å². The van der Waals surface area contributed by atoms with Crippen molar-refractivity contribution in [3.05, 3.63) is 89.4 Å². The highest BCUT2D eigenvalue weighted by Gasteiger charge is 2.26. The minimum atomic E-state index is -0.157. The number of carbonyl (C=O) groups excluding carboxylic acids is 1. The van der Waals surface area contributed by atoms with E-state index < -0.39 is 0 Å². The van der Waals surface area contributed by atoms with Crippen LogP contribution in [0.2, 0.25) is 5.02 Å². The Morgan fingerprint density at radius 1 is 0.921 bits per heavy atom. The van der Waals surface area contributed by atoms with E-state index in [1.165, 1.54) is 5.56 Å². The van der Waals surface area contributed by atoms with Gasteiger partial charge in [0.15, 0.2) is 6.61 Å². The topological polar surface area (TPSA) is 66.2 Å². The van der Waals surface area contributed by atoms with E-state index in [0.29, 0.717) is 28.9 Å². The third-order valence-corrected chi connectivity index (χ3v) is 6.79. The van der Waals surface area contributed by atoms with Crippen LogP contribution < -0.4 is 9.64 Å². The number of nitriles is 1. The Bertz CT molecular complexity index is 1510. The number of ether oxygens (including phenoxy) is 1. The molecular weight excluding hydrogens is 494 g/mol. The van der Waals surface area contributed by atoms with Gasteiger partial charge in [0.25, 0.3) is 5.91 Å². The second-order valence-electron chi connectivity index (χ2n) is 9.85. The van der Waals surface area contributed by atoms with E-state index in [2.05, 4.69) is 50.2 Å². The summed E-state index contributed by atoms with van der Waals surface area (Å²) in [5.41, 5.74) is 7.53. The Labute approximate surface area is 228 Å². The Balaban J connectivity index is 1.61. The Morgan fingerprint density at radius 3 is 2.26 bits per heavy atom. The average Bonchev–Trinajstić information content (AvgIpc) is 2.92. The largest absolute Gasteiger partial charge is 0.482 e. The van der Waals surface area contributed by atoms with Gasteiger partial charge in [0.1, 0.15) is 5.75 Å². The summed E-state index contributed by atoms with van der Waals surface area (Å²) in [5, 5.41) is 9.76. The molecule has 6 heteroatoms. The molecule has 0 aliphatic carbocycles. The molecule has 38 heavy (non-hydrogen) atoms. The van der Waals surface area contributed by atoms with Crippen molar-refractivity contribution in [1.29, 1.82) is 5.26 Å². The number of fused-ring (bicyclic) bond motifs is 1. The highest BCUT2D eigenvalue weighted by atomic mass is 35.5. The van der Waals surface area contributed by atoms with E-state index in [0.717, 1.165) is 40.1 Å². The molecule has 4 aromatic rings. The summed E-state index contributed by atoms with van der Waals surface area (Å²) in [6.07, 6.45) is 1.28. The predicted octanol–water partition coefficient (Wildman–Crippen LogP) is 7.57. The van der Waals surface area contributed by atoms with E-state index in [-0.39, 0.29) is 18.9 Å². The van der Waals surface area contributed by atoms with Gasteiger partial charge in [0, 0.05) is 22.7 Å². The van der Waals surface area contributed by atoms with Gasteiger partial charge in [-0.05, 0) is 71.5 Å². The molecule has 0 atom stereocenters. The highest BCUT2D eigenvalue weighted by molar-refractivity contribution is 6.30. The zero-order valence-electron chi connectivity index (χ0n) is 21.4. The van der Waals surface area contributed by atoms with Gasteiger partial charge in [-0.1, -0.05) is 61.8 Å². The number of hydrogen-bond donors (Lipinski definition) is 0. The van der Waals surface area contributed by atoms with Crippen molar-refractivity contribution in [3.8, 4) is 45.5 Å². The van der Waals surface area contributed by atoms with Gasteiger partial charge in [-0.2, -0.15) is 5.26 Å². The van der Waals surface area contributed by atoms with Gasteiger partial charge in [0.05, 0.1) is 29.6 Å². The molecule has 1 aliphatic rings. The Morgan fingerprint density at radius 2 is 1.58 bits per heavy atom. The molecule has 2 heterocycles. The number of nitrogens with zero attached hydrogens (tertiary/aromatic N) is 3. The maximum atomic E-state index is 12.6. The number of carbonyl (C=O) groups is 1. The first-order chi connectivity index (χ1) is 18.4. The van der Waals surface area contributed by atoms with Crippen LogP contribution in [0.4, 0.5) is 5.69 Å². The van der Waals surface area contributed by atoms with Crippen LogP contribution in [0.3, 0.4) is 0 Å². The first-order valence-electron chi connectivity index (χ1n) is 12.7. The van der Waals surface area contributed by atoms with E-state index in [4.69, 9.17) is 26.6 Å². The second-order valence-corrected chi connectivity index (χ2v) is 10.3. The molecule has 0 saturated carbocycles. The fourth-order valence-electron chi connectivity index (χ4n) is 4.69. The fraction of sp³-hybridized carbons (Fsp3) is 0.219. The summed E-state index contributed by atoms with van der Waals surface area (Å²) in [7, 11) is 0. The van der Waals surface area contributed by atoms with Crippen LogP contribution in [0.25, 0.3) is 33.6 Å². The first-order valence-corrected chi connectivity index (χ1v) is 13.1. The van der Waals surface area contributed by atoms with Crippen LogP contribution in [0, 0.1) is 17.2 Å². The van der Waals surface area contributed by atoms with Crippen molar-refractivity contribution < 1.29 is 9.53 Å². The van der Waals surface area contributed by atoms with Crippen LogP contribution >= 0.6 is 11.6 Å². The number of amides is 1. The maximum Gasteiger partial charge on any atom is 0.265 e. The molecule has 0 unspecified atom stereocenters. The second kappa shape index (κ2) is 11.1. The van der Waals surface area contributed by atoms with Gasteiger partial charge in [0.2, 0.25) is 0 Å². The van der Waals surface area contributed by atoms with Crippen LogP contribution in [-0.2, 0) is 11.2 Å². The number of aromatic nitrogens is 1. The van der Waals surface area contributed by atoms with Crippen LogP contribution in [-0.4, -0.2) is 24.0 Å². The molecule has 1 aliphatic heterocycles. The Kier molecular flexibility index (Phi) is 7.44. The first kappa shape index (κ1) is 25.5. The molecule has 0 N–H and O–H groups in total. The van der Waals surface area contributed by atoms with Gasteiger partial charge in [-0.15, -0.1) is 0 Å². The molecule has 1 amide bonds. The van der Waals surface area contributed by atoms with Crippen LogP contribution in [0.5, 0.6) is 5.75 Å². The molecule has 190 valence electrons. The zero-order valence-corrected chi connectivity index (χ0v) is 22.2. The van der Waals surface area contributed by atoms with Crippen molar-refractivity contribution in [2.75, 3.05) is 18.1 Å². The summed E-state index contributed by atoms with van der Waals surface area (Å²) >= 11 is 6.16. The molecule has 5 rings (SSSR count). The number of pyridine rings is 1. The molecule has 0 spiro atoms. The lowest BCUT2D eigenvalue weighted by Gasteiger charge is -2.29. The molecule has 1 aromatic heterocycles. The highest BCUT2D eigenvalue weighted by Crippen LogP contribution is 2.38. The summed E-state index contributed by atoms with van der Waals surface area (Å²) in [5.74, 6) is 1.06. The third-order valence-electron chi connectivity index (χ3n) is 6.54. The van der Waals surface area contributed by atoms with Gasteiger partial charge in [-0.3, -0.25) is 4.79 Å².